The lowest BCUT2D eigenvalue weighted by atomic mass is 10.0. The van der Waals surface area contributed by atoms with Crippen molar-refractivity contribution < 1.29 is 0 Å². The van der Waals surface area contributed by atoms with Crippen LogP contribution in [0.1, 0.15) is 45.1 Å². The van der Waals surface area contributed by atoms with Gasteiger partial charge >= 0.3 is 0 Å². The van der Waals surface area contributed by atoms with Crippen molar-refractivity contribution in [2.45, 2.75) is 52.0 Å². The first-order valence-corrected chi connectivity index (χ1v) is 8.28. The molecule has 112 valence electrons. The number of rotatable bonds is 7. The molecule has 0 saturated heterocycles. The smallest absolute Gasteiger partial charge is 0.0363 e. The highest BCUT2D eigenvalue weighted by atomic mass is 15.1. The van der Waals surface area contributed by atoms with Crippen LogP contribution in [0.2, 0.25) is 0 Å². The summed E-state index contributed by atoms with van der Waals surface area (Å²) in [4.78, 5) is 2.43. The Balaban J connectivity index is 1.90. The topological polar surface area (TPSA) is 15.3 Å². The average molecular weight is 274 g/mol. The molecular weight excluding hydrogens is 244 g/mol. The first-order valence-electron chi connectivity index (χ1n) is 8.28. The third-order valence-corrected chi connectivity index (χ3v) is 4.61. The van der Waals surface area contributed by atoms with Crippen LogP contribution in [-0.4, -0.2) is 26.2 Å². The zero-order valence-electron chi connectivity index (χ0n) is 13.4. The van der Waals surface area contributed by atoms with Gasteiger partial charge in [0.1, 0.15) is 0 Å². The van der Waals surface area contributed by atoms with Crippen LogP contribution in [0.3, 0.4) is 0 Å². The summed E-state index contributed by atoms with van der Waals surface area (Å²) in [7, 11) is 2.23. The Bertz CT molecular complexity index is 385. The van der Waals surface area contributed by atoms with E-state index in [1.54, 1.807) is 0 Å². The van der Waals surface area contributed by atoms with Crippen LogP contribution in [0.15, 0.2) is 24.3 Å². The van der Waals surface area contributed by atoms with Gasteiger partial charge in [-0.05, 0) is 55.8 Å². The molecule has 2 atom stereocenters. The molecule has 2 unspecified atom stereocenters. The maximum atomic E-state index is 3.73. The largest absolute Gasteiger partial charge is 0.374 e. The van der Waals surface area contributed by atoms with Gasteiger partial charge in [-0.15, -0.1) is 0 Å². The fourth-order valence-corrected chi connectivity index (χ4v) is 3.30. The zero-order chi connectivity index (χ0) is 14.4. The minimum Gasteiger partial charge on any atom is -0.374 e. The summed E-state index contributed by atoms with van der Waals surface area (Å²) in [5.41, 5.74) is 2.77. The van der Waals surface area contributed by atoms with E-state index in [1.807, 2.05) is 0 Å². The quantitative estimate of drug-likeness (QED) is 0.812. The Kier molecular flexibility index (Phi) is 5.90. The molecule has 1 aromatic rings. The number of hydrogen-bond acceptors (Lipinski definition) is 2. The Morgan fingerprint density at radius 2 is 1.90 bits per heavy atom. The van der Waals surface area contributed by atoms with Gasteiger partial charge in [0.25, 0.3) is 0 Å². The van der Waals surface area contributed by atoms with Gasteiger partial charge in [0, 0.05) is 25.3 Å². The summed E-state index contributed by atoms with van der Waals surface area (Å²) in [5.74, 6) is 0.803. The van der Waals surface area contributed by atoms with Crippen molar-refractivity contribution in [3.8, 4) is 0 Å². The third kappa shape index (κ3) is 3.99. The van der Waals surface area contributed by atoms with Crippen molar-refractivity contribution in [3.63, 3.8) is 0 Å². The molecule has 2 rings (SSSR count). The lowest BCUT2D eigenvalue weighted by Crippen LogP contribution is -2.38. The van der Waals surface area contributed by atoms with Gasteiger partial charge in [0.15, 0.2) is 0 Å². The van der Waals surface area contributed by atoms with Gasteiger partial charge in [-0.25, -0.2) is 0 Å². The second kappa shape index (κ2) is 7.68. The summed E-state index contributed by atoms with van der Waals surface area (Å²) in [6, 6.07) is 9.78. The van der Waals surface area contributed by atoms with E-state index in [2.05, 4.69) is 55.4 Å². The molecule has 0 heterocycles. The highest BCUT2D eigenvalue weighted by Crippen LogP contribution is 2.27. The number of benzene rings is 1. The standard InChI is InChI=1S/C18H30N2/c1-4-13-19-18-8-6-7-16(18)14-20(3)17-11-9-15(5-2)10-12-17/h9-12,16,18-19H,4-8,13-14H2,1-3H3. The molecule has 0 amide bonds. The molecule has 0 aliphatic heterocycles. The van der Waals surface area contributed by atoms with Crippen LogP contribution in [0.4, 0.5) is 5.69 Å². The molecule has 0 spiro atoms. The van der Waals surface area contributed by atoms with Crippen LogP contribution >= 0.6 is 0 Å². The lowest BCUT2D eigenvalue weighted by molar-refractivity contribution is 0.403. The SMILES string of the molecule is CCCNC1CCCC1CN(C)c1ccc(CC)cc1. The van der Waals surface area contributed by atoms with Crippen LogP contribution in [-0.2, 0) is 6.42 Å². The third-order valence-electron chi connectivity index (χ3n) is 4.61. The minimum atomic E-state index is 0.729. The number of aryl methyl sites for hydroxylation is 1. The highest BCUT2D eigenvalue weighted by molar-refractivity contribution is 5.47. The molecule has 0 bridgehead atoms. The summed E-state index contributed by atoms with van der Waals surface area (Å²) in [5, 5.41) is 3.73. The lowest BCUT2D eigenvalue weighted by Gasteiger charge is -2.28. The predicted molar refractivity (Wildman–Crippen MR) is 88.5 cm³/mol. The van der Waals surface area contributed by atoms with Gasteiger partial charge in [0.05, 0.1) is 0 Å². The Labute approximate surface area is 124 Å². The molecule has 1 fully saturated rings. The molecule has 2 heteroatoms. The molecule has 0 radical (unpaired) electrons. The van der Waals surface area contributed by atoms with Gasteiger partial charge in [-0.1, -0.05) is 32.4 Å². The van der Waals surface area contributed by atoms with Gasteiger partial charge in [-0.3, -0.25) is 0 Å². The first kappa shape index (κ1) is 15.4. The Morgan fingerprint density at radius 1 is 1.15 bits per heavy atom. The zero-order valence-corrected chi connectivity index (χ0v) is 13.4. The normalized spacial score (nSPS) is 22.1. The van der Waals surface area contributed by atoms with Crippen molar-refractivity contribution in [2.75, 3.05) is 25.0 Å². The van der Waals surface area contributed by atoms with Crippen molar-refractivity contribution in [1.29, 1.82) is 0 Å². The van der Waals surface area contributed by atoms with E-state index in [9.17, 15) is 0 Å². The summed E-state index contributed by atoms with van der Waals surface area (Å²) >= 11 is 0. The molecule has 1 aliphatic rings. The Hall–Kier alpha value is -1.02. The Morgan fingerprint density at radius 3 is 2.55 bits per heavy atom. The van der Waals surface area contributed by atoms with Crippen molar-refractivity contribution in [1.82, 2.24) is 5.32 Å². The van der Waals surface area contributed by atoms with Crippen LogP contribution in [0, 0.1) is 5.92 Å². The minimum absolute atomic E-state index is 0.729. The molecule has 1 aliphatic carbocycles. The predicted octanol–water partition coefficient (Wildman–Crippen LogP) is 3.85. The van der Waals surface area contributed by atoms with E-state index < -0.39 is 0 Å². The molecule has 0 aromatic heterocycles. The monoisotopic (exact) mass is 274 g/mol. The number of nitrogens with one attached hydrogen (secondary N) is 1. The van der Waals surface area contributed by atoms with Crippen molar-refractivity contribution in [2.24, 2.45) is 5.92 Å². The van der Waals surface area contributed by atoms with E-state index in [0.29, 0.717) is 0 Å². The van der Waals surface area contributed by atoms with Crippen molar-refractivity contribution >= 4 is 5.69 Å². The summed E-state index contributed by atoms with van der Waals surface area (Å²) in [6.45, 7) is 6.79. The first-order chi connectivity index (χ1) is 9.74. The molecule has 2 nitrogen and oxygen atoms in total. The summed E-state index contributed by atoms with van der Waals surface area (Å²) < 4.78 is 0. The van der Waals surface area contributed by atoms with E-state index in [-0.39, 0.29) is 0 Å². The van der Waals surface area contributed by atoms with E-state index in [1.165, 1.54) is 43.5 Å². The van der Waals surface area contributed by atoms with Crippen LogP contribution < -0.4 is 10.2 Å². The fourth-order valence-electron chi connectivity index (χ4n) is 3.30. The number of nitrogens with zero attached hydrogens (tertiary/aromatic N) is 1. The summed E-state index contributed by atoms with van der Waals surface area (Å²) in [6.07, 6.45) is 6.47. The van der Waals surface area contributed by atoms with E-state index in [0.717, 1.165) is 24.9 Å². The maximum absolute atomic E-state index is 3.73. The second-order valence-corrected chi connectivity index (χ2v) is 6.15. The number of hydrogen-bond donors (Lipinski definition) is 1. The second-order valence-electron chi connectivity index (χ2n) is 6.15. The van der Waals surface area contributed by atoms with Gasteiger partial charge in [0.2, 0.25) is 0 Å². The highest BCUT2D eigenvalue weighted by Gasteiger charge is 2.27. The van der Waals surface area contributed by atoms with Crippen LogP contribution in [0.25, 0.3) is 0 Å². The number of anilines is 1. The van der Waals surface area contributed by atoms with Gasteiger partial charge in [-0.2, -0.15) is 0 Å². The van der Waals surface area contributed by atoms with E-state index >= 15 is 0 Å². The van der Waals surface area contributed by atoms with Crippen LogP contribution in [0.5, 0.6) is 0 Å². The molecular formula is C18H30N2. The maximum Gasteiger partial charge on any atom is 0.0363 e. The average Bonchev–Trinajstić information content (AvgIpc) is 2.92. The molecule has 20 heavy (non-hydrogen) atoms. The molecule has 1 aromatic carbocycles. The van der Waals surface area contributed by atoms with Gasteiger partial charge < -0.3 is 10.2 Å². The van der Waals surface area contributed by atoms with E-state index in [4.69, 9.17) is 0 Å². The molecule has 1 saturated carbocycles. The molecule has 1 N–H and O–H groups in total. The fraction of sp³-hybridized carbons (Fsp3) is 0.667. The van der Waals surface area contributed by atoms with Crippen molar-refractivity contribution in [3.05, 3.63) is 29.8 Å².